The Bertz CT molecular complexity index is 431. The second-order valence-corrected chi connectivity index (χ2v) is 4.83. The van der Waals surface area contributed by atoms with Crippen LogP contribution < -0.4 is 5.32 Å². The number of hydrogen-bond acceptors (Lipinski definition) is 2. The molecule has 0 aliphatic heterocycles. The summed E-state index contributed by atoms with van der Waals surface area (Å²) in [6.07, 6.45) is 0.685. The van der Waals surface area contributed by atoms with Crippen molar-refractivity contribution in [3.05, 3.63) is 29.8 Å². The average Bonchev–Trinajstić information content (AvgIpc) is 2.29. The zero-order valence-corrected chi connectivity index (χ0v) is 11.1. The molecular weight excluding hydrogens is 230 g/mol. The molecule has 0 aromatic heterocycles. The van der Waals surface area contributed by atoms with Crippen molar-refractivity contribution in [2.75, 3.05) is 12.3 Å². The number of hydrogen-bond donors (Lipinski definition) is 1. The van der Waals surface area contributed by atoms with E-state index in [1.807, 2.05) is 23.9 Å². The molecule has 1 aromatic carbocycles. The highest BCUT2D eigenvalue weighted by Gasteiger charge is 1.92. The van der Waals surface area contributed by atoms with Gasteiger partial charge >= 0.3 is 0 Å². The number of carbonyl (C=O) groups is 1. The van der Waals surface area contributed by atoms with Crippen molar-refractivity contribution in [2.45, 2.75) is 25.2 Å². The van der Waals surface area contributed by atoms with Gasteiger partial charge in [-0.05, 0) is 24.0 Å². The Morgan fingerprint density at radius 2 is 2.29 bits per heavy atom. The van der Waals surface area contributed by atoms with E-state index in [-0.39, 0.29) is 5.91 Å². The van der Waals surface area contributed by atoms with Gasteiger partial charge in [-0.1, -0.05) is 24.8 Å². The fourth-order valence-corrected chi connectivity index (χ4v) is 2.01. The summed E-state index contributed by atoms with van der Waals surface area (Å²) in [6, 6.07) is 8.22. The van der Waals surface area contributed by atoms with Crippen molar-refractivity contribution in [1.29, 1.82) is 0 Å². The number of rotatable bonds is 4. The van der Waals surface area contributed by atoms with Crippen LogP contribution >= 0.6 is 11.8 Å². The normalized spacial score (nSPS) is 9.29. The zero-order chi connectivity index (χ0) is 12.5. The van der Waals surface area contributed by atoms with Crippen molar-refractivity contribution in [3.8, 4) is 11.8 Å². The molecule has 90 valence electrons. The molecule has 0 atom stereocenters. The number of carbonyl (C=O) groups excluding carboxylic acids is 1. The predicted molar refractivity (Wildman–Crippen MR) is 73.0 cm³/mol. The Morgan fingerprint density at radius 1 is 1.47 bits per heavy atom. The van der Waals surface area contributed by atoms with E-state index in [2.05, 4.69) is 36.2 Å². The van der Waals surface area contributed by atoms with Crippen LogP contribution in [-0.2, 0) is 4.79 Å². The molecule has 0 bridgehead atoms. The van der Waals surface area contributed by atoms with E-state index in [4.69, 9.17) is 0 Å². The first kappa shape index (κ1) is 13.7. The van der Waals surface area contributed by atoms with Gasteiger partial charge in [-0.15, -0.1) is 11.8 Å². The third-order valence-corrected chi connectivity index (χ3v) is 2.88. The van der Waals surface area contributed by atoms with Gasteiger partial charge in [-0.2, -0.15) is 0 Å². The Labute approximate surface area is 107 Å². The summed E-state index contributed by atoms with van der Waals surface area (Å²) in [4.78, 5) is 11.9. The Kier molecular flexibility index (Phi) is 6.27. The number of nitrogens with one attached hydrogen (secondary N) is 1. The first-order valence-corrected chi connectivity index (χ1v) is 6.67. The molecule has 0 saturated heterocycles. The lowest BCUT2D eigenvalue weighted by atomic mass is 10.2. The molecule has 0 aliphatic rings. The topological polar surface area (TPSA) is 29.1 Å². The van der Waals surface area contributed by atoms with Crippen LogP contribution in [0.3, 0.4) is 0 Å². The van der Waals surface area contributed by atoms with E-state index >= 15 is 0 Å². The highest BCUT2D eigenvalue weighted by Crippen LogP contribution is 2.17. The van der Waals surface area contributed by atoms with Gasteiger partial charge < -0.3 is 5.32 Å². The summed E-state index contributed by atoms with van der Waals surface area (Å²) >= 11 is 1.81. The highest BCUT2D eigenvalue weighted by atomic mass is 32.2. The lowest BCUT2D eigenvalue weighted by molar-refractivity contribution is -0.118. The van der Waals surface area contributed by atoms with Gasteiger partial charge in [0.15, 0.2) is 0 Å². The molecule has 2 nitrogen and oxygen atoms in total. The fraction of sp³-hybridized carbons (Fsp3) is 0.357. The van der Waals surface area contributed by atoms with Gasteiger partial charge in [-0.25, -0.2) is 0 Å². The number of amides is 1. The third kappa shape index (κ3) is 6.03. The Hall–Kier alpha value is -1.40. The van der Waals surface area contributed by atoms with Gasteiger partial charge in [0, 0.05) is 30.3 Å². The van der Waals surface area contributed by atoms with E-state index in [1.54, 1.807) is 0 Å². The molecule has 0 fully saturated rings. The molecule has 0 saturated carbocycles. The van der Waals surface area contributed by atoms with Gasteiger partial charge in [0.05, 0.1) is 0 Å². The summed E-state index contributed by atoms with van der Waals surface area (Å²) in [5.74, 6) is 7.22. The van der Waals surface area contributed by atoms with Crippen LogP contribution in [0.15, 0.2) is 29.2 Å². The molecule has 0 spiro atoms. The van der Waals surface area contributed by atoms with Crippen LogP contribution in [0.1, 0.15) is 25.8 Å². The third-order valence-electron chi connectivity index (χ3n) is 2.00. The van der Waals surface area contributed by atoms with Crippen molar-refractivity contribution in [1.82, 2.24) is 5.32 Å². The molecule has 0 aliphatic carbocycles. The molecule has 0 heterocycles. The predicted octanol–water partition coefficient (Wildman–Crippen LogP) is 2.68. The lowest BCUT2D eigenvalue weighted by Crippen LogP contribution is -2.20. The minimum atomic E-state index is -0.00635. The Morgan fingerprint density at radius 3 is 3.00 bits per heavy atom. The number of thioether (sulfide) groups is 1. The Balaban J connectivity index is 2.47. The highest BCUT2D eigenvalue weighted by molar-refractivity contribution is 7.99. The van der Waals surface area contributed by atoms with E-state index in [1.165, 1.54) is 11.8 Å². The summed E-state index contributed by atoms with van der Waals surface area (Å²) < 4.78 is 0. The summed E-state index contributed by atoms with van der Waals surface area (Å²) in [5.41, 5.74) is 1.03. The molecule has 1 aromatic rings. The van der Waals surface area contributed by atoms with E-state index in [0.717, 1.165) is 11.3 Å². The molecule has 1 amide bonds. The zero-order valence-electron chi connectivity index (χ0n) is 10.2. The molecule has 1 rings (SSSR count). The van der Waals surface area contributed by atoms with Gasteiger partial charge in [-0.3, -0.25) is 4.79 Å². The lowest BCUT2D eigenvalue weighted by Gasteiger charge is -1.98. The fourth-order valence-electron chi connectivity index (χ4n) is 1.30. The maximum atomic E-state index is 10.6. The van der Waals surface area contributed by atoms with Crippen LogP contribution in [-0.4, -0.2) is 18.2 Å². The maximum absolute atomic E-state index is 10.6. The van der Waals surface area contributed by atoms with Gasteiger partial charge in [0.1, 0.15) is 0 Å². The first-order chi connectivity index (χ1) is 8.22. The van der Waals surface area contributed by atoms with Gasteiger partial charge in [0.2, 0.25) is 5.91 Å². The van der Waals surface area contributed by atoms with E-state index < -0.39 is 0 Å². The standard InChI is InChI=1S/C14H17NOS/c1-3-17-14-9-6-8-13(11-14)7-4-5-10-15-12(2)16/h6,8-9,11H,3,5,10H2,1-2H3,(H,15,16). The molecule has 0 radical (unpaired) electrons. The smallest absolute Gasteiger partial charge is 0.216 e. The molecule has 3 heteroatoms. The van der Waals surface area contributed by atoms with Crippen LogP contribution in [0.2, 0.25) is 0 Å². The second-order valence-electron chi connectivity index (χ2n) is 3.50. The van der Waals surface area contributed by atoms with Crippen molar-refractivity contribution >= 4 is 17.7 Å². The van der Waals surface area contributed by atoms with E-state index in [0.29, 0.717) is 13.0 Å². The van der Waals surface area contributed by atoms with Crippen molar-refractivity contribution < 1.29 is 4.79 Å². The average molecular weight is 247 g/mol. The van der Waals surface area contributed by atoms with Crippen LogP contribution in [0.4, 0.5) is 0 Å². The van der Waals surface area contributed by atoms with Crippen molar-refractivity contribution in [2.24, 2.45) is 0 Å². The van der Waals surface area contributed by atoms with Crippen LogP contribution in [0.25, 0.3) is 0 Å². The summed E-state index contributed by atoms with van der Waals surface area (Å²) in [5, 5.41) is 2.72. The minimum Gasteiger partial charge on any atom is -0.355 e. The number of benzene rings is 1. The van der Waals surface area contributed by atoms with Gasteiger partial charge in [0.25, 0.3) is 0 Å². The molecule has 0 unspecified atom stereocenters. The van der Waals surface area contributed by atoms with E-state index in [9.17, 15) is 4.79 Å². The first-order valence-electron chi connectivity index (χ1n) is 5.68. The molecule has 17 heavy (non-hydrogen) atoms. The molecular formula is C14H17NOS. The minimum absolute atomic E-state index is 0.00635. The second kappa shape index (κ2) is 7.81. The van der Waals surface area contributed by atoms with Crippen LogP contribution in [0.5, 0.6) is 0 Å². The summed E-state index contributed by atoms with van der Waals surface area (Å²) in [7, 11) is 0. The van der Waals surface area contributed by atoms with Crippen molar-refractivity contribution in [3.63, 3.8) is 0 Å². The monoisotopic (exact) mass is 247 g/mol. The SMILES string of the molecule is CCSc1cccc(C#CCCNC(C)=O)c1. The summed E-state index contributed by atoms with van der Waals surface area (Å²) in [6.45, 7) is 4.26. The largest absolute Gasteiger partial charge is 0.355 e. The maximum Gasteiger partial charge on any atom is 0.216 e. The molecule has 1 N–H and O–H groups in total. The van der Waals surface area contributed by atoms with Crippen LogP contribution in [0, 0.1) is 11.8 Å². The quantitative estimate of drug-likeness (QED) is 0.503.